The molecule has 0 spiro atoms. The van der Waals surface area contributed by atoms with Crippen molar-refractivity contribution < 1.29 is 27.4 Å². The zero-order valence-corrected chi connectivity index (χ0v) is 18.4. The van der Waals surface area contributed by atoms with E-state index in [1.54, 1.807) is 10.00 Å². The van der Waals surface area contributed by atoms with Gasteiger partial charge in [-0.15, -0.1) is 0 Å². The van der Waals surface area contributed by atoms with Crippen molar-refractivity contribution in [2.75, 3.05) is 44.3 Å². The average molecular weight is 469 g/mol. The molecule has 33 heavy (non-hydrogen) atoms. The number of nitrogens with zero attached hydrogens (tertiary/aromatic N) is 4. The van der Waals surface area contributed by atoms with Crippen LogP contribution in [-0.2, 0) is 15.7 Å². The molecule has 3 rings (SSSR count). The number of rotatable bonds is 8. The van der Waals surface area contributed by atoms with Gasteiger partial charge < -0.3 is 19.3 Å². The number of aromatic amines is 1. The lowest BCUT2D eigenvalue weighted by molar-refractivity contribution is -0.141. The molecule has 12 heteroatoms. The Morgan fingerprint density at radius 3 is 2.58 bits per heavy atom. The van der Waals surface area contributed by atoms with E-state index in [1.165, 1.54) is 6.92 Å². The van der Waals surface area contributed by atoms with Gasteiger partial charge in [-0.1, -0.05) is 6.07 Å². The quantitative estimate of drug-likeness (QED) is 0.591. The van der Waals surface area contributed by atoms with Gasteiger partial charge in [0.05, 0.1) is 25.8 Å². The number of aromatic nitrogens is 3. The number of alkyl halides is 3. The second-order valence-electron chi connectivity index (χ2n) is 7.75. The summed E-state index contributed by atoms with van der Waals surface area (Å²) in [4.78, 5) is 32.2. The van der Waals surface area contributed by atoms with Crippen LogP contribution < -0.4 is 15.2 Å². The van der Waals surface area contributed by atoms with Crippen LogP contribution >= 0.6 is 0 Å². The Morgan fingerprint density at radius 1 is 1.21 bits per heavy atom. The molecule has 0 saturated carbocycles. The summed E-state index contributed by atoms with van der Waals surface area (Å²) in [5, 5.41) is 5.10. The molecule has 0 radical (unpaired) electrons. The lowest BCUT2D eigenvalue weighted by atomic mass is 10.2. The summed E-state index contributed by atoms with van der Waals surface area (Å²) in [6.07, 6.45) is -2.90. The number of hydrogen-bond acceptors (Lipinski definition) is 7. The van der Waals surface area contributed by atoms with E-state index in [1.807, 2.05) is 25.3 Å². The number of carbonyl (C=O) groups excluding carboxylic acids is 1. The SMILES string of the molecule is Cc1ccc(N2CCN(C(=O)CCOCC(C)Oc3cn[nH]c(=O)c3C(F)(F)F)CC2)nc1. The number of ether oxygens (including phenoxy) is 2. The molecule has 2 aromatic heterocycles. The van der Waals surface area contributed by atoms with Crippen LogP contribution in [0.2, 0.25) is 0 Å². The second kappa shape index (κ2) is 10.6. The van der Waals surface area contributed by atoms with Crippen LogP contribution in [0.4, 0.5) is 19.0 Å². The molecular formula is C21H26F3N5O4. The molecule has 1 aliphatic rings. The first kappa shape index (κ1) is 24.5. The highest BCUT2D eigenvalue weighted by Crippen LogP contribution is 2.33. The maximum Gasteiger partial charge on any atom is 0.425 e. The number of halogens is 3. The van der Waals surface area contributed by atoms with E-state index in [0.717, 1.165) is 17.6 Å². The van der Waals surface area contributed by atoms with Gasteiger partial charge in [0.1, 0.15) is 11.9 Å². The number of piperazine rings is 1. The molecule has 1 amide bonds. The van der Waals surface area contributed by atoms with Gasteiger partial charge >= 0.3 is 6.18 Å². The van der Waals surface area contributed by atoms with E-state index in [0.29, 0.717) is 26.2 Å². The smallest absolute Gasteiger partial charge is 0.425 e. The topological polar surface area (TPSA) is 101 Å². The van der Waals surface area contributed by atoms with Crippen molar-refractivity contribution >= 4 is 11.7 Å². The highest BCUT2D eigenvalue weighted by atomic mass is 19.4. The predicted octanol–water partition coefficient (Wildman–Crippen LogP) is 2.01. The van der Waals surface area contributed by atoms with Gasteiger partial charge in [0.2, 0.25) is 5.91 Å². The van der Waals surface area contributed by atoms with Gasteiger partial charge in [0.25, 0.3) is 5.56 Å². The Kier molecular flexibility index (Phi) is 7.90. The zero-order chi connectivity index (χ0) is 24.0. The third-order valence-electron chi connectivity index (χ3n) is 5.10. The molecule has 0 aliphatic carbocycles. The third-order valence-corrected chi connectivity index (χ3v) is 5.10. The fourth-order valence-corrected chi connectivity index (χ4v) is 3.39. The number of anilines is 1. The van der Waals surface area contributed by atoms with Crippen LogP contribution in [0.1, 0.15) is 24.5 Å². The van der Waals surface area contributed by atoms with Crippen LogP contribution in [0.3, 0.4) is 0 Å². The lowest BCUT2D eigenvalue weighted by Gasteiger charge is -2.35. The van der Waals surface area contributed by atoms with E-state index >= 15 is 0 Å². The fraction of sp³-hybridized carbons (Fsp3) is 0.524. The molecule has 1 atom stereocenters. The fourth-order valence-electron chi connectivity index (χ4n) is 3.39. The average Bonchev–Trinajstić information content (AvgIpc) is 2.76. The first-order valence-corrected chi connectivity index (χ1v) is 10.5. The summed E-state index contributed by atoms with van der Waals surface area (Å²) < 4.78 is 49.8. The Balaban J connectivity index is 1.39. The van der Waals surface area contributed by atoms with E-state index in [2.05, 4.69) is 15.0 Å². The normalized spacial score (nSPS) is 15.4. The van der Waals surface area contributed by atoms with E-state index in [4.69, 9.17) is 9.47 Å². The van der Waals surface area contributed by atoms with Gasteiger partial charge in [-0.3, -0.25) is 9.59 Å². The summed E-state index contributed by atoms with van der Waals surface area (Å²) in [7, 11) is 0. The number of amides is 1. The molecule has 1 N–H and O–H groups in total. The minimum Gasteiger partial charge on any atom is -0.486 e. The van der Waals surface area contributed by atoms with Gasteiger partial charge in [0, 0.05) is 32.4 Å². The molecule has 180 valence electrons. The highest BCUT2D eigenvalue weighted by Gasteiger charge is 2.38. The molecule has 1 aliphatic heterocycles. The standard InChI is InChI=1S/C21H26F3N5O4/c1-14-3-4-17(25-11-14)28-6-8-29(9-7-28)18(30)5-10-32-13-15(2)33-16-12-26-27-20(31)19(16)21(22,23)24/h3-4,11-12,15H,5-10,13H2,1-2H3,(H,27,31). The Bertz CT molecular complexity index is 989. The van der Waals surface area contributed by atoms with E-state index in [9.17, 15) is 22.8 Å². The maximum atomic E-state index is 13.1. The lowest BCUT2D eigenvalue weighted by Crippen LogP contribution is -2.49. The maximum absolute atomic E-state index is 13.1. The minimum absolute atomic E-state index is 0.0513. The number of hydrogen-bond donors (Lipinski definition) is 1. The van der Waals surface area contributed by atoms with Crippen LogP contribution in [-0.4, -0.2) is 71.5 Å². The number of nitrogens with one attached hydrogen (secondary N) is 1. The monoisotopic (exact) mass is 469 g/mol. The molecule has 0 aromatic carbocycles. The highest BCUT2D eigenvalue weighted by molar-refractivity contribution is 5.76. The molecule has 1 fully saturated rings. The predicted molar refractivity (Wildman–Crippen MR) is 113 cm³/mol. The second-order valence-corrected chi connectivity index (χ2v) is 7.75. The Morgan fingerprint density at radius 2 is 1.94 bits per heavy atom. The summed E-state index contributed by atoms with van der Waals surface area (Å²) in [6, 6.07) is 3.96. The largest absolute Gasteiger partial charge is 0.486 e. The minimum atomic E-state index is -4.88. The van der Waals surface area contributed by atoms with Crippen LogP contribution in [0, 0.1) is 6.92 Å². The van der Waals surface area contributed by atoms with Gasteiger partial charge in [0.15, 0.2) is 11.3 Å². The molecule has 9 nitrogen and oxygen atoms in total. The Hall–Kier alpha value is -3.15. The van der Waals surface area contributed by atoms with Crippen molar-refractivity contribution in [3.8, 4) is 5.75 Å². The molecule has 2 aromatic rings. The zero-order valence-electron chi connectivity index (χ0n) is 18.4. The van der Waals surface area contributed by atoms with Crippen LogP contribution in [0.5, 0.6) is 5.75 Å². The summed E-state index contributed by atoms with van der Waals surface area (Å²) in [6.45, 7) is 6.03. The van der Waals surface area contributed by atoms with Crippen molar-refractivity contribution in [1.82, 2.24) is 20.1 Å². The van der Waals surface area contributed by atoms with E-state index < -0.39 is 29.2 Å². The molecular weight excluding hydrogens is 443 g/mol. The molecule has 0 bridgehead atoms. The van der Waals surface area contributed by atoms with Crippen molar-refractivity contribution in [3.05, 3.63) is 46.0 Å². The summed E-state index contributed by atoms with van der Waals surface area (Å²) in [5.74, 6) is 0.159. The summed E-state index contributed by atoms with van der Waals surface area (Å²) in [5.41, 5.74) is -1.74. The first-order chi connectivity index (χ1) is 15.6. The number of carbonyl (C=O) groups is 1. The van der Waals surface area contributed by atoms with Gasteiger partial charge in [-0.2, -0.15) is 18.3 Å². The van der Waals surface area contributed by atoms with Gasteiger partial charge in [-0.25, -0.2) is 10.1 Å². The first-order valence-electron chi connectivity index (χ1n) is 10.5. The number of pyridine rings is 1. The van der Waals surface area contributed by atoms with Crippen molar-refractivity contribution in [2.45, 2.75) is 32.5 Å². The Labute approximate surface area is 188 Å². The third kappa shape index (κ3) is 6.67. The number of H-pyrrole nitrogens is 1. The van der Waals surface area contributed by atoms with E-state index in [-0.39, 0.29) is 25.5 Å². The molecule has 1 unspecified atom stereocenters. The van der Waals surface area contributed by atoms with Crippen molar-refractivity contribution in [2.24, 2.45) is 0 Å². The van der Waals surface area contributed by atoms with Crippen LogP contribution in [0.15, 0.2) is 29.3 Å². The van der Waals surface area contributed by atoms with Crippen molar-refractivity contribution in [1.29, 1.82) is 0 Å². The molecule has 3 heterocycles. The van der Waals surface area contributed by atoms with Gasteiger partial charge in [-0.05, 0) is 25.5 Å². The molecule has 1 saturated heterocycles. The van der Waals surface area contributed by atoms with Crippen molar-refractivity contribution in [3.63, 3.8) is 0 Å². The summed E-state index contributed by atoms with van der Waals surface area (Å²) >= 11 is 0. The number of aryl methyl sites for hydroxylation is 1. The van der Waals surface area contributed by atoms with Crippen LogP contribution in [0.25, 0.3) is 0 Å².